The molecular weight excluding hydrogens is 1080 g/mol. The van der Waals surface area contributed by atoms with Crippen LogP contribution in [0.4, 0.5) is 0 Å². The topological polar surface area (TPSA) is 491 Å². The first-order valence-electron chi connectivity index (χ1n) is 29.4. The number of nitrogens with one attached hydrogen (secondary N) is 11. The molecule has 1 heterocycles. The monoisotopic (exact) mass is 1180 g/mol. The van der Waals surface area contributed by atoms with E-state index in [1.54, 1.807) is 27.7 Å². The number of carbonyl (C=O) groups is 11. The van der Waals surface area contributed by atoms with E-state index in [1.165, 1.54) is 13.8 Å². The Morgan fingerprint density at radius 1 is 0.530 bits per heavy atom. The fourth-order valence-corrected chi connectivity index (χ4v) is 8.91. The first kappa shape index (κ1) is 74.9. The van der Waals surface area contributed by atoms with Crippen LogP contribution in [0.5, 0.6) is 0 Å². The molecule has 29 heteroatoms. The first-order chi connectivity index (χ1) is 39.2. The maximum Gasteiger partial charge on any atom is 0.245 e. The van der Waals surface area contributed by atoms with Crippen molar-refractivity contribution in [3.63, 3.8) is 0 Å². The zero-order valence-electron chi connectivity index (χ0n) is 50.1. The lowest BCUT2D eigenvalue weighted by Gasteiger charge is -2.30. The van der Waals surface area contributed by atoms with Crippen molar-refractivity contribution >= 4 is 65.0 Å². The van der Waals surface area contributed by atoms with Gasteiger partial charge in [0, 0.05) is 13.0 Å². The highest BCUT2D eigenvalue weighted by Gasteiger charge is 2.38. The molecule has 1 aliphatic heterocycles. The SMILES string of the molecule is CC[C@H](C)CCCCCC(=O)N[C@@H](CCN)C(=O)N[C@H](C(=O)N[C@@H](CCN)C(=O)N[C@H]1CCNC(=O)[C@H]([C@@H](C)O)NC(=O)[C@H](CCN)NC(=O)[C@H](CCN)NC(=O)[C@H]([C@@H](C)CC)NC(=O)[C@@H](CC(C)C)NC(=O)[C@H](CCN)NC1=O)[C@@H](C)O. The van der Waals surface area contributed by atoms with Gasteiger partial charge in [-0.2, -0.15) is 0 Å². The van der Waals surface area contributed by atoms with Crippen LogP contribution >= 0.6 is 0 Å². The summed E-state index contributed by atoms with van der Waals surface area (Å²) < 4.78 is 0. The lowest BCUT2D eigenvalue weighted by atomic mass is 9.96. The molecule has 14 atom stereocenters. The Balaban J connectivity index is 3.79. The average Bonchev–Trinajstić information content (AvgIpc) is 3.49. The van der Waals surface area contributed by atoms with Gasteiger partial charge in [0.25, 0.3) is 0 Å². The van der Waals surface area contributed by atoms with E-state index in [-0.39, 0.29) is 83.6 Å². The molecule has 0 radical (unpaired) electrons. The Hall–Kier alpha value is -6.11. The van der Waals surface area contributed by atoms with Crippen LogP contribution in [0.3, 0.4) is 0 Å². The number of nitrogens with two attached hydrogens (primary N) is 5. The van der Waals surface area contributed by atoms with Gasteiger partial charge in [-0.3, -0.25) is 52.7 Å². The zero-order chi connectivity index (χ0) is 62.9. The summed E-state index contributed by atoms with van der Waals surface area (Å²) >= 11 is 0. The number of aliphatic hydroxyl groups is 2. The molecular formula is C54H102N16O13. The molecule has 0 unspecified atom stereocenters. The van der Waals surface area contributed by atoms with E-state index >= 15 is 0 Å². The van der Waals surface area contributed by atoms with Crippen LogP contribution in [-0.4, -0.2) is 187 Å². The highest BCUT2D eigenvalue weighted by molar-refractivity contribution is 5.99. The van der Waals surface area contributed by atoms with Crippen LogP contribution in [-0.2, 0) is 52.7 Å². The number of rotatable bonds is 30. The van der Waals surface area contributed by atoms with E-state index in [1.807, 2.05) is 0 Å². The third-order valence-corrected chi connectivity index (χ3v) is 14.4. The first-order valence-corrected chi connectivity index (χ1v) is 29.4. The van der Waals surface area contributed by atoms with Gasteiger partial charge in [-0.15, -0.1) is 0 Å². The number of amides is 11. The minimum atomic E-state index is -1.69. The van der Waals surface area contributed by atoms with Crippen molar-refractivity contribution in [1.29, 1.82) is 0 Å². The second kappa shape index (κ2) is 40.2. The maximum atomic E-state index is 14.4. The summed E-state index contributed by atoms with van der Waals surface area (Å²) in [4.78, 5) is 153. The second-order valence-corrected chi connectivity index (χ2v) is 22.0. The van der Waals surface area contributed by atoms with Crippen molar-refractivity contribution < 1.29 is 63.0 Å². The van der Waals surface area contributed by atoms with Crippen LogP contribution in [0.15, 0.2) is 0 Å². The molecule has 83 heavy (non-hydrogen) atoms. The van der Waals surface area contributed by atoms with Gasteiger partial charge < -0.3 is 97.4 Å². The van der Waals surface area contributed by atoms with E-state index in [2.05, 4.69) is 72.3 Å². The van der Waals surface area contributed by atoms with Crippen LogP contribution in [0.2, 0.25) is 0 Å². The van der Waals surface area contributed by atoms with E-state index in [4.69, 9.17) is 28.7 Å². The number of carbonyl (C=O) groups excluding carboxylic acids is 11. The molecule has 0 bridgehead atoms. The van der Waals surface area contributed by atoms with Crippen molar-refractivity contribution in [2.45, 2.75) is 218 Å². The molecule has 0 aliphatic carbocycles. The molecule has 1 fully saturated rings. The largest absolute Gasteiger partial charge is 0.391 e. The number of hydrogen-bond acceptors (Lipinski definition) is 18. The van der Waals surface area contributed by atoms with Crippen molar-refractivity contribution in [3.05, 3.63) is 0 Å². The predicted octanol–water partition coefficient (Wildman–Crippen LogP) is -5.05. The van der Waals surface area contributed by atoms with E-state index in [9.17, 15) is 63.0 Å². The van der Waals surface area contributed by atoms with Gasteiger partial charge in [0.1, 0.15) is 60.4 Å². The Bertz CT molecular complexity index is 2090. The van der Waals surface area contributed by atoms with Gasteiger partial charge in [-0.05, 0) is 116 Å². The van der Waals surface area contributed by atoms with Crippen LogP contribution in [0.25, 0.3) is 0 Å². The standard InChI is InChI=1S/C54H102N16O13/c1-9-30(5)14-12-11-13-15-41(73)61-34(16-22-55)49(78)70-44(33(8)72)54(83)66-37(19-25-58)46(75)64-39-21-27-60-52(81)43(32(7)71)69-50(79)38(20-26-59)63-45(74)36(18-24-57)65-53(82)42(31(6)10-2)68-51(80)40(28-29(3)4)67-47(76)35(17-23-56)62-48(39)77/h29-40,42-44,71-72H,9-28,55-59H2,1-8H3,(H,60,81)(H,61,73)(H,62,77)(H,63,74)(H,64,75)(H,65,82)(H,66,83)(H,67,76)(H,68,80)(H,69,79)(H,70,78)/t30-,31-,32+,33+,34-,35-,36-,37-,38-,39-,40+,42-,43-,44-/m0/s1. The Kier molecular flexibility index (Phi) is 36.3. The van der Waals surface area contributed by atoms with Crippen LogP contribution in [0, 0.1) is 17.8 Å². The molecule has 11 amide bonds. The molecule has 23 N–H and O–H groups in total. The normalized spacial score (nSPS) is 23.6. The molecule has 0 aromatic carbocycles. The fraction of sp³-hybridized carbons (Fsp3) is 0.796. The van der Waals surface area contributed by atoms with Gasteiger partial charge in [-0.1, -0.05) is 73.6 Å². The molecule has 0 aromatic heterocycles. The van der Waals surface area contributed by atoms with E-state index < -0.39 is 156 Å². The lowest BCUT2D eigenvalue weighted by Crippen LogP contribution is -2.62. The average molecular weight is 1180 g/mol. The van der Waals surface area contributed by atoms with Gasteiger partial charge in [0.2, 0.25) is 65.0 Å². The Labute approximate surface area is 488 Å². The van der Waals surface area contributed by atoms with Crippen molar-refractivity contribution in [2.75, 3.05) is 39.3 Å². The van der Waals surface area contributed by atoms with Gasteiger partial charge >= 0.3 is 0 Å². The number of unbranched alkanes of at least 4 members (excludes halogenated alkanes) is 2. The summed E-state index contributed by atoms with van der Waals surface area (Å²) in [6, 6.07) is -14.5. The summed E-state index contributed by atoms with van der Waals surface area (Å²) in [5, 5.41) is 49.6. The summed E-state index contributed by atoms with van der Waals surface area (Å²) in [6.07, 6.45) is 0.643. The van der Waals surface area contributed by atoms with E-state index in [0.717, 1.165) is 25.7 Å². The quantitative estimate of drug-likeness (QED) is 0.0299. The van der Waals surface area contributed by atoms with Crippen LogP contribution < -0.4 is 87.2 Å². The minimum absolute atomic E-state index is 0.0120. The summed E-state index contributed by atoms with van der Waals surface area (Å²) in [5.74, 6) is -9.76. The van der Waals surface area contributed by atoms with Crippen molar-refractivity contribution in [1.82, 2.24) is 58.5 Å². The Morgan fingerprint density at radius 3 is 1.52 bits per heavy atom. The molecule has 0 aromatic rings. The summed E-state index contributed by atoms with van der Waals surface area (Å²) in [6.45, 7) is 12.6. The number of aliphatic hydroxyl groups excluding tert-OH is 2. The molecule has 476 valence electrons. The van der Waals surface area contributed by atoms with Gasteiger partial charge in [0.15, 0.2) is 0 Å². The van der Waals surface area contributed by atoms with Gasteiger partial charge in [0.05, 0.1) is 12.2 Å². The van der Waals surface area contributed by atoms with Gasteiger partial charge in [-0.25, -0.2) is 0 Å². The maximum absolute atomic E-state index is 14.4. The lowest BCUT2D eigenvalue weighted by molar-refractivity contribution is -0.137. The van der Waals surface area contributed by atoms with Crippen LogP contribution in [0.1, 0.15) is 145 Å². The summed E-state index contributed by atoms with van der Waals surface area (Å²) in [7, 11) is 0. The molecule has 1 rings (SSSR count). The molecule has 1 aliphatic rings. The zero-order valence-corrected chi connectivity index (χ0v) is 50.1. The van der Waals surface area contributed by atoms with Crippen molar-refractivity contribution in [2.24, 2.45) is 46.4 Å². The van der Waals surface area contributed by atoms with Crippen molar-refractivity contribution in [3.8, 4) is 0 Å². The predicted molar refractivity (Wildman–Crippen MR) is 310 cm³/mol. The minimum Gasteiger partial charge on any atom is -0.391 e. The third-order valence-electron chi connectivity index (χ3n) is 14.4. The smallest absolute Gasteiger partial charge is 0.245 e. The Morgan fingerprint density at radius 2 is 1.02 bits per heavy atom. The van der Waals surface area contributed by atoms with E-state index in [0.29, 0.717) is 18.8 Å². The molecule has 1 saturated heterocycles. The number of hydrogen-bond donors (Lipinski definition) is 18. The highest BCUT2D eigenvalue weighted by atomic mass is 16.3. The summed E-state index contributed by atoms with van der Waals surface area (Å²) in [5.41, 5.74) is 29.3. The fourth-order valence-electron chi connectivity index (χ4n) is 8.91. The molecule has 0 spiro atoms. The highest BCUT2D eigenvalue weighted by Crippen LogP contribution is 2.15. The second-order valence-electron chi connectivity index (χ2n) is 22.0. The molecule has 0 saturated carbocycles. The third kappa shape index (κ3) is 27.4. The molecule has 29 nitrogen and oxygen atoms in total.